The van der Waals surface area contributed by atoms with E-state index < -0.39 is 72.9 Å². The molecule has 2 aliphatic carbocycles. The lowest BCUT2D eigenvalue weighted by Gasteiger charge is -2.33. The van der Waals surface area contributed by atoms with E-state index in [1.165, 1.54) is 0 Å². The Morgan fingerprint density at radius 3 is 1.89 bits per heavy atom. The fourth-order valence-corrected chi connectivity index (χ4v) is 7.61. The maximum absolute atomic E-state index is 13.9. The van der Waals surface area contributed by atoms with Gasteiger partial charge in [0.15, 0.2) is 0 Å². The van der Waals surface area contributed by atoms with Crippen molar-refractivity contribution in [2.45, 2.75) is 146 Å². The standard InChI is InChI=1S/C40H62N6O10/c1-24(2)33(46-35(49)20-28(23-47)44-39(55)29-12-6-8-14-31(29)41)22-36(50)45-32-15-9-7-13-30(32)40(56)43-27(18-25-10-4-3-5-11-25)19-34(48)42-26(21-38(53)54)16-17-37(51)52/h3-5,10-11,24,26-33,47H,6-9,12-23,41H2,1-2H3,(H,42,48)(H,43,56)(H,44,55)(H,45,50)(H,46,49)(H,51,52)(H,53,54)/t26-,27-,28+,29+,30+,31+,32+,33+/m0/s1. The van der Waals surface area contributed by atoms with Crippen molar-refractivity contribution in [2.75, 3.05) is 6.61 Å². The van der Waals surface area contributed by atoms with Crippen LogP contribution in [0.4, 0.5) is 0 Å². The Bertz CT molecular complexity index is 1480. The quantitative estimate of drug-likeness (QED) is 0.0814. The number of hydrogen-bond donors (Lipinski definition) is 9. The molecule has 5 amide bonds. The molecule has 16 heteroatoms. The summed E-state index contributed by atoms with van der Waals surface area (Å²) < 4.78 is 0. The average Bonchev–Trinajstić information content (AvgIpc) is 3.13. The Kier molecular flexibility index (Phi) is 19.2. The van der Waals surface area contributed by atoms with Crippen LogP contribution in [0.25, 0.3) is 0 Å². The molecule has 0 aromatic heterocycles. The summed E-state index contributed by atoms with van der Waals surface area (Å²) in [4.78, 5) is 88.9. The number of rotatable bonds is 22. The van der Waals surface area contributed by atoms with Gasteiger partial charge in [-0.1, -0.05) is 69.9 Å². The Labute approximate surface area is 328 Å². The van der Waals surface area contributed by atoms with E-state index in [0.29, 0.717) is 25.7 Å². The first-order valence-corrected chi connectivity index (χ1v) is 20.0. The summed E-state index contributed by atoms with van der Waals surface area (Å²) in [6, 6.07) is 5.52. The summed E-state index contributed by atoms with van der Waals surface area (Å²) in [5.41, 5.74) is 6.99. The van der Waals surface area contributed by atoms with Gasteiger partial charge < -0.3 is 47.6 Å². The number of carboxylic acid groups (broad SMARTS) is 2. The number of aliphatic hydroxyl groups is 1. The Hall–Kier alpha value is -4.57. The van der Waals surface area contributed by atoms with Crippen LogP contribution in [0.2, 0.25) is 0 Å². The third kappa shape index (κ3) is 16.3. The van der Waals surface area contributed by atoms with Crippen LogP contribution < -0.4 is 32.3 Å². The van der Waals surface area contributed by atoms with Gasteiger partial charge in [-0.05, 0) is 50.0 Å². The Balaban J connectivity index is 1.62. The maximum Gasteiger partial charge on any atom is 0.305 e. The summed E-state index contributed by atoms with van der Waals surface area (Å²) in [6.07, 6.45) is 4.91. The summed E-state index contributed by atoms with van der Waals surface area (Å²) in [5.74, 6) is -5.31. The molecule has 2 saturated carbocycles. The molecule has 0 saturated heterocycles. The van der Waals surface area contributed by atoms with Gasteiger partial charge in [-0.25, -0.2) is 0 Å². The van der Waals surface area contributed by atoms with E-state index in [-0.39, 0.29) is 67.7 Å². The number of carbonyl (C=O) groups is 7. The second-order valence-electron chi connectivity index (χ2n) is 15.7. The van der Waals surface area contributed by atoms with Crippen molar-refractivity contribution in [3.63, 3.8) is 0 Å². The molecular formula is C40H62N6O10. The molecule has 8 atom stereocenters. The zero-order chi connectivity index (χ0) is 41.2. The number of nitrogens with two attached hydrogens (primary N) is 1. The third-order valence-electron chi connectivity index (χ3n) is 10.8. The predicted octanol–water partition coefficient (Wildman–Crippen LogP) is 1.52. The van der Waals surface area contributed by atoms with E-state index in [9.17, 15) is 43.8 Å². The predicted molar refractivity (Wildman–Crippen MR) is 207 cm³/mol. The van der Waals surface area contributed by atoms with Crippen molar-refractivity contribution in [1.29, 1.82) is 0 Å². The lowest BCUT2D eigenvalue weighted by atomic mass is 9.83. The normalized spacial score (nSPS) is 21.7. The van der Waals surface area contributed by atoms with Gasteiger partial charge in [0.2, 0.25) is 29.5 Å². The van der Waals surface area contributed by atoms with E-state index in [1.807, 2.05) is 44.2 Å². The zero-order valence-corrected chi connectivity index (χ0v) is 32.7. The molecule has 16 nitrogen and oxygen atoms in total. The van der Waals surface area contributed by atoms with Gasteiger partial charge in [0.05, 0.1) is 30.9 Å². The van der Waals surface area contributed by atoms with E-state index >= 15 is 0 Å². The van der Waals surface area contributed by atoms with Crippen LogP contribution >= 0.6 is 0 Å². The van der Waals surface area contributed by atoms with Gasteiger partial charge in [0.1, 0.15) is 0 Å². The van der Waals surface area contributed by atoms with Crippen LogP contribution in [-0.4, -0.2) is 99.7 Å². The minimum atomic E-state index is -1.18. The Morgan fingerprint density at radius 2 is 1.27 bits per heavy atom. The van der Waals surface area contributed by atoms with Crippen molar-refractivity contribution in [1.82, 2.24) is 26.6 Å². The van der Waals surface area contributed by atoms with Crippen molar-refractivity contribution < 1.29 is 48.9 Å². The Morgan fingerprint density at radius 1 is 0.679 bits per heavy atom. The van der Waals surface area contributed by atoms with Gasteiger partial charge in [-0.2, -0.15) is 0 Å². The fourth-order valence-electron chi connectivity index (χ4n) is 7.61. The number of aliphatic hydroxyl groups excluding tert-OH is 1. The van der Waals surface area contributed by atoms with Gasteiger partial charge in [0, 0.05) is 55.9 Å². The molecular weight excluding hydrogens is 724 g/mol. The highest BCUT2D eigenvalue weighted by atomic mass is 16.4. The van der Waals surface area contributed by atoms with Gasteiger partial charge in [-0.15, -0.1) is 0 Å². The summed E-state index contributed by atoms with van der Waals surface area (Å²) >= 11 is 0. The second-order valence-corrected chi connectivity index (χ2v) is 15.7. The van der Waals surface area contributed by atoms with Crippen LogP contribution in [0.15, 0.2) is 30.3 Å². The largest absolute Gasteiger partial charge is 0.481 e. The number of benzene rings is 1. The maximum atomic E-state index is 13.9. The number of nitrogens with one attached hydrogen (secondary N) is 5. The third-order valence-corrected chi connectivity index (χ3v) is 10.8. The first-order chi connectivity index (χ1) is 26.6. The van der Waals surface area contributed by atoms with Crippen LogP contribution in [-0.2, 0) is 40.0 Å². The molecule has 312 valence electrons. The highest BCUT2D eigenvalue weighted by molar-refractivity contribution is 5.85. The monoisotopic (exact) mass is 786 g/mol. The first kappa shape index (κ1) is 45.8. The highest BCUT2D eigenvalue weighted by Gasteiger charge is 2.35. The molecule has 10 N–H and O–H groups in total. The molecule has 2 fully saturated rings. The van der Waals surface area contributed by atoms with Crippen molar-refractivity contribution in [3.05, 3.63) is 35.9 Å². The summed E-state index contributed by atoms with van der Waals surface area (Å²) in [5, 5.41) is 42.6. The highest BCUT2D eigenvalue weighted by Crippen LogP contribution is 2.26. The zero-order valence-electron chi connectivity index (χ0n) is 32.7. The van der Waals surface area contributed by atoms with E-state index in [4.69, 9.17) is 10.8 Å². The molecule has 56 heavy (non-hydrogen) atoms. The first-order valence-electron chi connectivity index (χ1n) is 20.0. The van der Waals surface area contributed by atoms with Gasteiger partial charge >= 0.3 is 11.9 Å². The molecule has 0 radical (unpaired) electrons. The fraction of sp³-hybridized carbons (Fsp3) is 0.675. The van der Waals surface area contributed by atoms with E-state index in [2.05, 4.69) is 26.6 Å². The lowest BCUT2D eigenvalue weighted by molar-refractivity contribution is -0.140. The van der Waals surface area contributed by atoms with Crippen LogP contribution in [0.3, 0.4) is 0 Å². The molecule has 0 unspecified atom stereocenters. The molecule has 0 aliphatic heterocycles. The lowest BCUT2D eigenvalue weighted by Crippen LogP contribution is -2.53. The minimum absolute atomic E-state index is 0.0580. The van der Waals surface area contributed by atoms with Crippen molar-refractivity contribution in [2.24, 2.45) is 23.5 Å². The molecule has 2 aliphatic rings. The smallest absolute Gasteiger partial charge is 0.305 e. The molecule has 3 rings (SSSR count). The number of carboxylic acids is 2. The molecule has 0 bridgehead atoms. The molecule has 1 aromatic carbocycles. The topological polar surface area (TPSA) is 266 Å². The summed E-state index contributed by atoms with van der Waals surface area (Å²) in [7, 11) is 0. The average molecular weight is 787 g/mol. The van der Waals surface area contributed by atoms with Crippen molar-refractivity contribution in [3.8, 4) is 0 Å². The van der Waals surface area contributed by atoms with Crippen LogP contribution in [0.5, 0.6) is 0 Å². The van der Waals surface area contributed by atoms with Crippen LogP contribution in [0.1, 0.15) is 109 Å². The van der Waals surface area contributed by atoms with Gasteiger partial charge in [0.25, 0.3) is 0 Å². The van der Waals surface area contributed by atoms with Crippen molar-refractivity contribution >= 4 is 41.5 Å². The number of aliphatic carboxylic acids is 2. The SMILES string of the molecule is CC(C)[C@@H](CC(=O)N[C@@H]1CCCC[C@H]1C(=O)N[C@H](CC(=O)N[C@@H](CCC(=O)O)CC(=O)O)Cc1ccccc1)NC(=O)C[C@H](CO)NC(=O)[C@@H]1CCCC[C@H]1N. The molecule has 0 heterocycles. The van der Waals surface area contributed by atoms with Gasteiger partial charge in [-0.3, -0.25) is 33.6 Å². The summed E-state index contributed by atoms with van der Waals surface area (Å²) in [6.45, 7) is 3.29. The number of carbonyl (C=O) groups excluding carboxylic acids is 5. The minimum Gasteiger partial charge on any atom is -0.481 e. The van der Waals surface area contributed by atoms with E-state index in [1.54, 1.807) is 0 Å². The van der Waals surface area contributed by atoms with Crippen LogP contribution in [0, 0.1) is 17.8 Å². The van der Waals surface area contributed by atoms with E-state index in [0.717, 1.165) is 37.7 Å². The molecule has 0 spiro atoms. The number of hydrogen-bond acceptors (Lipinski definition) is 9. The molecule has 1 aromatic rings. The second kappa shape index (κ2) is 23.5. The number of amides is 5.